The molecular formula is C16H17N5O. The van der Waals surface area contributed by atoms with Crippen LogP contribution < -0.4 is 10.6 Å². The summed E-state index contributed by atoms with van der Waals surface area (Å²) in [6.07, 6.45) is 4.74. The van der Waals surface area contributed by atoms with Crippen molar-refractivity contribution in [3.8, 4) is 0 Å². The Balaban J connectivity index is 1.63. The van der Waals surface area contributed by atoms with Crippen LogP contribution in [0.15, 0.2) is 36.7 Å². The fourth-order valence-corrected chi connectivity index (χ4v) is 2.87. The number of benzene rings is 1. The molecule has 6 heteroatoms. The van der Waals surface area contributed by atoms with Gasteiger partial charge in [-0.05, 0) is 30.0 Å². The average Bonchev–Trinajstić information content (AvgIpc) is 3.12. The molecule has 0 unspecified atom stereocenters. The maximum Gasteiger partial charge on any atom is 0.255 e. The topological polar surface area (TPSA) is 63.9 Å². The highest BCUT2D eigenvalue weighted by Crippen LogP contribution is 2.25. The van der Waals surface area contributed by atoms with Crippen molar-refractivity contribution in [2.45, 2.75) is 13.0 Å². The number of carbonyl (C=O) groups excluding carboxylic acids is 1. The smallest absolute Gasteiger partial charge is 0.255 e. The number of anilines is 2. The lowest BCUT2D eigenvalue weighted by molar-refractivity contribution is 0.102. The van der Waals surface area contributed by atoms with Crippen molar-refractivity contribution in [3.05, 3.63) is 42.2 Å². The van der Waals surface area contributed by atoms with Crippen LogP contribution in [-0.2, 0) is 13.6 Å². The van der Waals surface area contributed by atoms with Crippen molar-refractivity contribution in [1.29, 1.82) is 0 Å². The van der Waals surface area contributed by atoms with E-state index in [2.05, 4.69) is 15.7 Å². The summed E-state index contributed by atoms with van der Waals surface area (Å²) in [5.41, 5.74) is 2.42. The molecule has 0 saturated heterocycles. The van der Waals surface area contributed by atoms with Crippen molar-refractivity contribution in [3.63, 3.8) is 0 Å². The van der Waals surface area contributed by atoms with E-state index in [1.165, 1.54) is 0 Å². The van der Waals surface area contributed by atoms with Gasteiger partial charge in [0.2, 0.25) is 0 Å². The quantitative estimate of drug-likeness (QED) is 0.763. The van der Waals surface area contributed by atoms with Gasteiger partial charge in [-0.1, -0.05) is 6.07 Å². The van der Waals surface area contributed by atoms with Crippen molar-refractivity contribution in [2.75, 3.05) is 17.2 Å². The summed E-state index contributed by atoms with van der Waals surface area (Å²) in [5.74, 6) is 0.769. The molecule has 0 aliphatic carbocycles. The van der Waals surface area contributed by atoms with Crippen LogP contribution in [0.1, 0.15) is 16.8 Å². The minimum absolute atomic E-state index is 0.119. The van der Waals surface area contributed by atoms with E-state index < -0.39 is 0 Å². The molecule has 6 nitrogen and oxygen atoms in total. The van der Waals surface area contributed by atoms with E-state index in [9.17, 15) is 4.79 Å². The van der Waals surface area contributed by atoms with Gasteiger partial charge in [0.25, 0.3) is 5.91 Å². The molecule has 1 aromatic carbocycles. The van der Waals surface area contributed by atoms with Gasteiger partial charge < -0.3 is 15.2 Å². The molecule has 0 fully saturated rings. The zero-order chi connectivity index (χ0) is 15.1. The number of aromatic nitrogens is 3. The molecule has 3 aromatic rings. The maximum absolute atomic E-state index is 12.5. The molecule has 4 rings (SSSR count). The second-order valence-electron chi connectivity index (χ2n) is 5.56. The molecule has 112 valence electrons. The Labute approximate surface area is 127 Å². The number of fused-ring (bicyclic) bond motifs is 2. The first-order valence-electron chi connectivity index (χ1n) is 7.38. The third kappa shape index (κ3) is 2.04. The first-order chi connectivity index (χ1) is 10.7. The lowest BCUT2D eigenvalue weighted by Crippen LogP contribution is -2.19. The summed E-state index contributed by atoms with van der Waals surface area (Å²) >= 11 is 0. The van der Waals surface area contributed by atoms with E-state index in [1.807, 2.05) is 46.8 Å². The first-order valence-corrected chi connectivity index (χ1v) is 7.38. The molecular weight excluding hydrogens is 278 g/mol. The van der Waals surface area contributed by atoms with E-state index in [4.69, 9.17) is 0 Å². The summed E-state index contributed by atoms with van der Waals surface area (Å²) in [7, 11) is 1.97. The van der Waals surface area contributed by atoms with Gasteiger partial charge in [-0.25, -0.2) is 4.68 Å². The zero-order valence-electron chi connectivity index (χ0n) is 12.3. The molecule has 3 heterocycles. The van der Waals surface area contributed by atoms with Crippen molar-refractivity contribution in [2.24, 2.45) is 7.05 Å². The second kappa shape index (κ2) is 4.91. The molecule has 0 atom stereocenters. The lowest BCUT2D eigenvalue weighted by atomic mass is 10.1. The van der Waals surface area contributed by atoms with E-state index in [-0.39, 0.29) is 5.91 Å². The predicted octanol–water partition coefficient (Wildman–Crippen LogP) is 2.44. The van der Waals surface area contributed by atoms with Crippen LogP contribution in [0, 0.1) is 0 Å². The third-order valence-corrected chi connectivity index (χ3v) is 4.08. The van der Waals surface area contributed by atoms with Crippen LogP contribution in [0.3, 0.4) is 0 Å². The number of nitrogens with one attached hydrogen (secondary N) is 2. The maximum atomic E-state index is 12.5. The van der Waals surface area contributed by atoms with Crippen LogP contribution in [-0.4, -0.2) is 26.8 Å². The average molecular weight is 295 g/mol. The Morgan fingerprint density at radius 3 is 3.18 bits per heavy atom. The van der Waals surface area contributed by atoms with Crippen molar-refractivity contribution < 1.29 is 4.79 Å². The van der Waals surface area contributed by atoms with Crippen LogP contribution >= 0.6 is 0 Å². The summed E-state index contributed by atoms with van der Waals surface area (Å²) in [6.45, 7) is 1.79. The molecule has 1 aliphatic rings. The Bertz CT molecular complexity index is 861. The normalized spacial score (nSPS) is 13.7. The van der Waals surface area contributed by atoms with E-state index in [1.54, 1.807) is 6.20 Å². The number of nitrogens with zero attached hydrogens (tertiary/aromatic N) is 3. The number of hydrogen-bond acceptors (Lipinski definition) is 3. The van der Waals surface area contributed by atoms with Gasteiger partial charge in [0.05, 0.1) is 6.20 Å². The SMILES string of the molecule is Cn1ccc2ccc(C(=O)Nc3cnn4c3NCCC4)cc21. The Kier molecular flexibility index (Phi) is 2.89. The molecule has 1 amide bonds. The van der Waals surface area contributed by atoms with Gasteiger partial charge in [-0.3, -0.25) is 4.79 Å². The number of aryl methyl sites for hydroxylation is 2. The summed E-state index contributed by atoms with van der Waals surface area (Å²) < 4.78 is 3.90. The standard InChI is InChI=1S/C16H17N5O/c1-20-8-5-11-3-4-12(9-14(11)20)16(22)19-13-10-18-21-7-2-6-17-15(13)21/h3-5,8-10,17H,2,6-7H2,1H3,(H,19,22). The number of rotatable bonds is 2. The Morgan fingerprint density at radius 1 is 1.36 bits per heavy atom. The van der Waals surface area contributed by atoms with Crippen LogP contribution in [0.2, 0.25) is 0 Å². The first kappa shape index (κ1) is 12.9. The molecule has 2 N–H and O–H groups in total. The Hall–Kier alpha value is -2.76. The molecule has 0 radical (unpaired) electrons. The zero-order valence-corrected chi connectivity index (χ0v) is 12.3. The summed E-state index contributed by atoms with van der Waals surface area (Å²) in [6, 6.07) is 7.76. The number of amides is 1. The predicted molar refractivity (Wildman–Crippen MR) is 86.2 cm³/mol. The van der Waals surface area contributed by atoms with Gasteiger partial charge in [0.15, 0.2) is 0 Å². The fourth-order valence-electron chi connectivity index (χ4n) is 2.87. The van der Waals surface area contributed by atoms with Gasteiger partial charge >= 0.3 is 0 Å². The van der Waals surface area contributed by atoms with Crippen LogP contribution in [0.25, 0.3) is 10.9 Å². The summed E-state index contributed by atoms with van der Waals surface area (Å²) in [5, 5.41) is 11.7. The molecule has 22 heavy (non-hydrogen) atoms. The van der Waals surface area contributed by atoms with Gasteiger partial charge in [-0.15, -0.1) is 0 Å². The molecule has 0 bridgehead atoms. The van der Waals surface area contributed by atoms with Crippen molar-refractivity contribution in [1.82, 2.24) is 14.3 Å². The molecule has 2 aromatic heterocycles. The van der Waals surface area contributed by atoms with Crippen molar-refractivity contribution >= 4 is 28.3 Å². The van der Waals surface area contributed by atoms with Gasteiger partial charge in [0, 0.05) is 37.4 Å². The number of carbonyl (C=O) groups is 1. The largest absolute Gasteiger partial charge is 0.368 e. The second-order valence-corrected chi connectivity index (χ2v) is 5.56. The molecule has 1 aliphatic heterocycles. The van der Waals surface area contributed by atoms with Crippen LogP contribution in [0.5, 0.6) is 0 Å². The molecule has 0 spiro atoms. The molecule has 0 saturated carbocycles. The van der Waals surface area contributed by atoms with Crippen LogP contribution in [0.4, 0.5) is 11.5 Å². The van der Waals surface area contributed by atoms with E-state index >= 15 is 0 Å². The van der Waals surface area contributed by atoms with E-state index in [0.29, 0.717) is 5.56 Å². The minimum atomic E-state index is -0.119. The highest BCUT2D eigenvalue weighted by Gasteiger charge is 2.17. The highest BCUT2D eigenvalue weighted by molar-refractivity contribution is 6.07. The fraction of sp³-hybridized carbons (Fsp3) is 0.250. The number of hydrogen-bond donors (Lipinski definition) is 2. The Morgan fingerprint density at radius 2 is 2.27 bits per heavy atom. The van der Waals surface area contributed by atoms with Gasteiger partial charge in [0.1, 0.15) is 11.5 Å². The summed E-state index contributed by atoms with van der Waals surface area (Å²) in [4.78, 5) is 12.5. The monoisotopic (exact) mass is 295 g/mol. The third-order valence-electron chi connectivity index (χ3n) is 4.08. The van der Waals surface area contributed by atoms with Gasteiger partial charge in [-0.2, -0.15) is 5.10 Å². The highest BCUT2D eigenvalue weighted by atomic mass is 16.1. The van der Waals surface area contributed by atoms with E-state index in [0.717, 1.165) is 41.9 Å². The minimum Gasteiger partial charge on any atom is -0.368 e. The lowest BCUT2D eigenvalue weighted by Gasteiger charge is -2.17.